The van der Waals surface area contributed by atoms with Crippen LogP contribution >= 0.6 is 0 Å². The number of nitrogen functional groups attached to an aromatic ring is 1. The van der Waals surface area contributed by atoms with Crippen molar-refractivity contribution in [1.82, 2.24) is 10.3 Å². The predicted molar refractivity (Wildman–Crippen MR) is 92.8 cm³/mol. The van der Waals surface area contributed by atoms with Crippen molar-refractivity contribution < 1.29 is 9.53 Å². The molecular formula is C16H27N5O2. The number of nitrogens with two attached hydrogens (primary N) is 1. The van der Waals surface area contributed by atoms with Gasteiger partial charge in [-0.3, -0.25) is 0 Å². The molecule has 1 atom stereocenters. The summed E-state index contributed by atoms with van der Waals surface area (Å²) in [4.78, 5) is 18.3. The van der Waals surface area contributed by atoms with Crippen molar-refractivity contribution in [3.63, 3.8) is 0 Å². The maximum atomic E-state index is 11.9. The summed E-state index contributed by atoms with van der Waals surface area (Å²) in [6.07, 6.45) is 3.28. The van der Waals surface area contributed by atoms with Crippen LogP contribution in [0.2, 0.25) is 0 Å². The van der Waals surface area contributed by atoms with Crippen molar-refractivity contribution in [2.75, 3.05) is 36.1 Å². The lowest BCUT2D eigenvalue weighted by Gasteiger charge is -2.35. The molecule has 1 aliphatic heterocycles. The highest BCUT2D eigenvalue weighted by Crippen LogP contribution is 2.30. The molecule has 0 aliphatic carbocycles. The van der Waals surface area contributed by atoms with E-state index in [1.54, 1.807) is 13.2 Å². The topological polar surface area (TPSA) is 92.5 Å². The first-order valence-corrected chi connectivity index (χ1v) is 7.97. The second kappa shape index (κ2) is 6.93. The summed E-state index contributed by atoms with van der Waals surface area (Å²) in [6.45, 7) is 7.19. The zero-order chi connectivity index (χ0) is 17.0. The number of alkyl carbamates (subject to hydrolysis) is 1. The van der Waals surface area contributed by atoms with Gasteiger partial charge in [-0.2, -0.15) is 0 Å². The Morgan fingerprint density at radius 1 is 1.48 bits per heavy atom. The van der Waals surface area contributed by atoms with Gasteiger partial charge >= 0.3 is 6.09 Å². The number of pyridine rings is 1. The summed E-state index contributed by atoms with van der Waals surface area (Å²) in [7, 11) is 1.80. The van der Waals surface area contributed by atoms with Gasteiger partial charge in [-0.05, 0) is 39.7 Å². The van der Waals surface area contributed by atoms with Crippen molar-refractivity contribution in [3.8, 4) is 0 Å². The van der Waals surface area contributed by atoms with Crippen LogP contribution in [0.25, 0.3) is 0 Å². The number of ether oxygens (including phenoxy) is 1. The number of anilines is 3. The van der Waals surface area contributed by atoms with Crippen LogP contribution in [0.3, 0.4) is 0 Å². The van der Waals surface area contributed by atoms with Gasteiger partial charge in [0, 0.05) is 32.4 Å². The molecule has 2 heterocycles. The lowest BCUT2D eigenvalue weighted by Crippen LogP contribution is -2.49. The van der Waals surface area contributed by atoms with E-state index in [1.807, 2.05) is 26.8 Å². The number of nitrogens with one attached hydrogen (secondary N) is 2. The van der Waals surface area contributed by atoms with Gasteiger partial charge in [0.05, 0.1) is 11.4 Å². The molecule has 1 aliphatic rings. The Kier molecular flexibility index (Phi) is 5.18. The number of nitrogens with zero attached hydrogens (tertiary/aromatic N) is 2. The van der Waals surface area contributed by atoms with Gasteiger partial charge in [0.15, 0.2) is 5.82 Å². The molecule has 2 rings (SSSR count). The molecule has 0 saturated carbocycles. The van der Waals surface area contributed by atoms with E-state index in [0.29, 0.717) is 18.1 Å². The molecule has 0 aromatic carbocycles. The molecular weight excluding hydrogens is 294 g/mol. The summed E-state index contributed by atoms with van der Waals surface area (Å²) in [5.74, 6) is 0.671. The first-order valence-electron chi connectivity index (χ1n) is 7.97. The van der Waals surface area contributed by atoms with E-state index >= 15 is 0 Å². The predicted octanol–water partition coefficient (Wildman–Crippen LogP) is 2.20. The lowest BCUT2D eigenvalue weighted by molar-refractivity contribution is 0.0500. The summed E-state index contributed by atoms with van der Waals surface area (Å²) in [6, 6.07) is 1.95. The van der Waals surface area contributed by atoms with Crippen molar-refractivity contribution >= 4 is 23.3 Å². The second-order valence-corrected chi connectivity index (χ2v) is 6.77. The third kappa shape index (κ3) is 4.64. The number of carbonyl (C=O) groups is 1. The molecule has 23 heavy (non-hydrogen) atoms. The van der Waals surface area contributed by atoms with E-state index < -0.39 is 5.60 Å². The summed E-state index contributed by atoms with van der Waals surface area (Å²) >= 11 is 0. The number of hydrogen-bond acceptors (Lipinski definition) is 6. The van der Waals surface area contributed by atoms with Gasteiger partial charge in [0.25, 0.3) is 0 Å². The highest BCUT2D eigenvalue weighted by Gasteiger charge is 2.25. The van der Waals surface area contributed by atoms with Gasteiger partial charge in [0.2, 0.25) is 0 Å². The van der Waals surface area contributed by atoms with E-state index in [2.05, 4.69) is 20.5 Å². The molecule has 128 valence electrons. The van der Waals surface area contributed by atoms with Gasteiger partial charge in [-0.25, -0.2) is 9.78 Å². The Morgan fingerprint density at radius 2 is 2.22 bits per heavy atom. The van der Waals surface area contributed by atoms with E-state index in [1.165, 1.54) is 0 Å². The Bertz CT molecular complexity index is 556. The summed E-state index contributed by atoms with van der Waals surface area (Å²) < 4.78 is 5.33. The summed E-state index contributed by atoms with van der Waals surface area (Å²) in [5.41, 5.74) is 7.26. The number of rotatable bonds is 3. The second-order valence-electron chi connectivity index (χ2n) is 6.77. The number of piperidine rings is 1. The maximum absolute atomic E-state index is 11.9. The highest BCUT2D eigenvalue weighted by atomic mass is 16.6. The molecule has 0 radical (unpaired) electrons. The van der Waals surface area contributed by atoms with Gasteiger partial charge in [-0.15, -0.1) is 0 Å². The van der Waals surface area contributed by atoms with E-state index in [-0.39, 0.29) is 12.1 Å². The first kappa shape index (κ1) is 17.2. The van der Waals surface area contributed by atoms with Crippen molar-refractivity contribution in [2.45, 2.75) is 45.3 Å². The first-order chi connectivity index (χ1) is 10.8. The fourth-order valence-electron chi connectivity index (χ4n) is 2.73. The molecule has 7 nitrogen and oxygen atoms in total. The zero-order valence-corrected chi connectivity index (χ0v) is 14.3. The number of hydrogen-bond donors (Lipinski definition) is 3. The fraction of sp³-hybridized carbons (Fsp3) is 0.625. The highest BCUT2D eigenvalue weighted by molar-refractivity contribution is 5.78. The van der Waals surface area contributed by atoms with Crippen molar-refractivity contribution in [2.24, 2.45) is 0 Å². The lowest BCUT2D eigenvalue weighted by atomic mass is 10.0. The molecule has 1 aromatic heterocycles. The van der Waals surface area contributed by atoms with Crippen molar-refractivity contribution in [1.29, 1.82) is 0 Å². The third-order valence-corrected chi connectivity index (χ3v) is 3.69. The van der Waals surface area contributed by atoms with Crippen LogP contribution in [0.1, 0.15) is 33.6 Å². The van der Waals surface area contributed by atoms with Crippen LogP contribution in [-0.2, 0) is 4.74 Å². The minimum atomic E-state index is -0.490. The molecule has 0 bridgehead atoms. The van der Waals surface area contributed by atoms with E-state index in [0.717, 1.165) is 25.1 Å². The fourth-order valence-corrected chi connectivity index (χ4v) is 2.73. The third-order valence-electron chi connectivity index (χ3n) is 3.69. The minimum Gasteiger partial charge on any atom is -0.444 e. The summed E-state index contributed by atoms with van der Waals surface area (Å²) in [5, 5.41) is 5.94. The molecule has 0 spiro atoms. The van der Waals surface area contributed by atoms with Crippen LogP contribution in [0.4, 0.5) is 22.0 Å². The average Bonchev–Trinajstić information content (AvgIpc) is 2.45. The molecule has 1 unspecified atom stereocenters. The molecule has 4 N–H and O–H groups in total. The number of amides is 1. The van der Waals surface area contributed by atoms with Crippen LogP contribution in [0.15, 0.2) is 12.3 Å². The normalized spacial score (nSPS) is 18.4. The van der Waals surface area contributed by atoms with Crippen LogP contribution in [0.5, 0.6) is 0 Å². The molecule has 1 saturated heterocycles. The molecule has 1 fully saturated rings. The van der Waals surface area contributed by atoms with E-state index in [4.69, 9.17) is 10.5 Å². The molecule has 1 aromatic rings. The Balaban J connectivity index is 2.02. The van der Waals surface area contributed by atoms with Crippen LogP contribution < -0.4 is 21.3 Å². The Morgan fingerprint density at radius 3 is 2.87 bits per heavy atom. The Hall–Kier alpha value is -2.18. The smallest absolute Gasteiger partial charge is 0.407 e. The van der Waals surface area contributed by atoms with Crippen molar-refractivity contribution in [3.05, 3.63) is 12.3 Å². The number of aromatic nitrogens is 1. The Labute approximate surface area is 137 Å². The molecule has 7 heteroatoms. The maximum Gasteiger partial charge on any atom is 0.407 e. The monoisotopic (exact) mass is 321 g/mol. The zero-order valence-electron chi connectivity index (χ0n) is 14.3. The van der Waals surface area contributed by atoms with Crippen LogP contribution in [-0.4, -0.2) is 42.9 Å². The number of carbonyl (C=O) groups excluding carboxylic acids is 1. The largest absolute Gasteiger partial charge is 0.444 e. The average molecular weight is 321 g/mol. The molecule has 1 amide bonds. The van der Waals surface area contributed by atoms with Crippen LogP contribution in [0, 0.1) is 0 Å². The standard InChI is InChI=1S/C16H27N5O2/c1-16(2,3)23-15(22)20-11-6-5-9-21(10-11)12-7-8-19-14(18-4)13(12)17/h7-8,11H,5-6,9-10,17H2,1-4H3,(H,18,19)(H,20,22). The SMILES string of the molecule is CNc1nccc(N2CCCC(NC(=O)OC(C)(C)C)C2)c1N. The van der Waals surface area contributed by atoms with Gasteiger partial charge < -0.3 is 26.0 Å². The van der Waals surface area contributed by atoms with Gasteiger partial charge in [-0.1, -0.05) is 0 Å². The van der Waals surface area contributed by atoms with E-state index in [9.17, 15) is 4.79 Å². The van der Waals surface area contributed by atoms with Gasteiger partial charge in [0.1, 0.15) is 5.60 Å². The minimum absolute atomic E-state index is 0.0456. The quantitative estimate of drug-likeness (QED) is 0.790.